The van der Waals surface area contributed by atoms with Gasteiger partial charge in [0.25, 0.3) is 0 Å². The smallest absolute Gasteiger partial charge is 0.187 e. The van der Waals surface area contributed by atoms with E-state index in [1.54, 1.807) is 0 Å². The highest BCUT2D eigenvalue weighted by molar-refractivity contribution is 6.20. The Morgan fingerprint density at radius 1 is 0.511 bits per heavy atom. The maximum absolute atomic E-state index is 7.33. The number of hydrogen-bond acceptors (Lipinski definition) is 2. The molecule has 4 heteroatoms. The molecule has 9 aromatic rings. The van der Waals surface area contributed by atoms with Crippen LogP contribution in [0.2, 0.25) is 0 Å². The van der Waals surface area contributed by atoms with Crippen LogP contribution in [0.25, 0.3) is 87.4 Å². The molecule has 0 saturated heterocycles. The minimum absolute atomic E-state index is 0.610. The molecule has 208 valence electrons. The molecule has 9 rings (SSSR count). The Balaban J connectivity index is 1.25. The maximum atomic E-state index is 7.33. The van der Waals surface area contributed by atoms with Gasteiger partial charge in [-0.3, -0.25) is 0 Å². The van der Waals surface area contributed by atoms with Gasteiger partial charge in [-0.1, -0.05) is 103 Å². The zero-order valence-electron chi connectivity index (χ0n) is 24.1. The van der Waals surface area contributed by atoms with Crippen molar-refractivity contribution >= 4 is 59.9 Å². The number of para-hydroxylation sites is 1. The molecule has 0 bridgehead atoms. The largest absolute Gasteiger partial charge is 0.309 e. The van der Waals surface area contributed by atoms with Crippen LogP contribution < -0.4 is 0 Å². The van der Waals surface area contributed by atoms with Gasteiger partial charge in [0.05, 0.1) is 28.8 Å². The van der Waals surface area contributed by atoms with Crippen LogP contribution in [0.1, 0.15) is 0 Å². The van der Waals surface area contributed by atoms with Gasteiger partial charge in [0.2, 0.25) is 0 Å². The maximum Gasteiger partial charge on any atom is 0.187 e. The lowest BCUT2D eigenvalue weighted by Gasteiger charge is -2.12. The van der Waals surface area contributed by atoms with Crippen molar-refractivity contribution < 1.29 is 0 Å². The van der Waals surface area contributed by atoms with E-state index < -0.39 is 0 Å². The Hall–Kier alpha value is -6.31. The second-order valence-electron chi connectivity index (χ2n) is 11.4. The molecule has 0 spiro atoms. The average Bonchev–Trinajstić information content (AvgIpc) is 3.44. The highest BCUT2D eigenvalue weighted by Gasteiger charge is 2.17. The van der Waals surface area contributed by atoms with Crippen molar-refractivity contribution in [1.82, 2.24) is 14.5 Å². The van der Waals surface area contributed by atoms with Crippen molar-refractivity contribution in [2.75, 3.05) is 0 Å². The summed E-state index contributed by atoms with van der Waals surface area (Å²) >= 11 is 0. The normalized spacial score (nSPS) is 11.5. The molecule has 45 heavy (non-hydrogen) atoms. The van der Waals surface area contributed by atoms with Gasteiger partial charge < -0.3 is 4.57 Å². The van der Waals surface area contributed by atoms with Crippen LogP contribution in [0.5, 0.6) is 0 Å². The van der Waals surface area contributed by atoms with Gasteiger partial charge in [-0.05, 0) is 64.2 Å². The van der Waals surface area contributed by atoms with Gasteiger partial charge in [0.1, 0.15) is 0 Å². The Kier molecular flexibility index (Phi) is 5.53. The quantitative estimate of drug-likeness (QED) is 0.197. The molecule has 0 saturated carbocycles. The summed E-state index contributed by atoms with van der Waals surface area (Å²) in [6.45, 7) is 7.33. The first kappa shape index (κ1) is 25.2. The van der Waals surface area contributed by atoms with E-state index in [0.717, 1.165) is 33.4 Å². The zero-order valence-corrected chi connectivity index (χ0v) is 24.1. The van der Waals surface area contributed by atoms with Crippen LogP contribution >= 0.6 is 0 Å². The van der Waals surface area contributed by atoms with Crippen LogP contribution in [0.4, 0.5) is 5.69 Å². The van der Waals surface area contributed by atoms with E-state index in [1.165, 1.54) is 43.4 Å². The summed E-state index contributed by atoms with van der Waals surface area (Å²) in [5, 5.41) is 8.37. The van der Waals surface area contributed by atoms with Crippen LogP contribution in [0, 0.1) is 6.57 Å². The molecule has 0 unspecified atom stereocenters. The van der Waals surface area contributed by atoms with E-state index in [1.807, 2.05) is 42.5 Å². The molecular formula is C41H24N4. The summed E-state index contributed by atoms with van der Waals surface area (Å²) in [4.78, 5) is 13.6. The standard InChI is InChI=1S/C41H24N4/c1-42-31-19-14-27(15-20-31)39-35-12-6-7-13-37(35)43-41(44-39)28-16-21-32(22-17-28)45-38-25-30-10-3-2-9-29(30)24-36(38)34-23-18-26-8-4-5-11-33(26)40(34)45/h2-25H. The lowest BCUT2D eigenvalue weighted by Crippen LogP contribution is -1.97. The third-order valence-electron chi connectivity index (χ3n) is 8.78. The molecule has 0 aliphatic carbocycles. The molecule has 4 nitrogen and oxygen atoms in total. The van der Waals surface area contributed by atoms with E-state index >= 15 is 0 Å². The molecule has 0 fully saturated rings. The van der Waals surface area contributed by atoms with Crippen molar-refractivity contribution in [2.45, 2.75) is 0 Å². The number of aromatic nitrogens is 3. The van der Waals surface area contributed by atoms with Gasteiger partial charge in [-0.25, -0.2) is 14.8 Å². The lowest BCUT2D eigenvalue weighted by atomic mass is 10.0. The van der Waals surface area contributed by atoms with E-state index in [4.69, 9.17) is 16.5 Å². The summed E-state index contributed by atoms with van der Waals surface area (Å²) in [5.41, 5.74) is 7.73. The number of nitrogens with zero attached hydrogens (tertiary/aromatic N) is 4. The molecule has 0 aliphatic rings. The number of fused-ring (bicyclic) bond motifs is 7. The van der Waals surface area contributed by atoms with Gasteiger partial charge in [0, 0.05) is 32.8 Å². The molecule has 2 aromatic heterocycles. The monoisotopic (exact) mass is 572 g/mol. The predicted molar refractivity (Wildman–Crippen MR) is 186 cm³/mol. The van der Waals surface area contributed by atoms with E-state index in [-0.39, 0.29) is 0 Å². The predicted octanol–water partition coefficient (Wildman–Crippen LogP) is 10.9. The lowest BCUT2D eigenvalue weighted by molar-refractivity contribution is 1.18. The summed E-state index contributed by atoms with van der Waals surface area (Å²) in [5.74, 6) is 0.670. The molecule has 2 heterocycles. The molecule has 0 radical (unpaired) electrons. The highest BCUT2D eigenvalue weighted by atomic mass is 15.0. The first-order valence-corrected chi connectivity index (χ1v) is 15.0. The summed E-state index contributed by atoms with van der Waals surface area (Å²) < 4.78 is 2.40. The second-order valence-corrected chi connectivity index (χ2v) is 11.4. The molecule has 0 amide bonds. The minimum Gasteiger partial charge on any atom is -0.309 e. The van der Waals surface area contributed by atoms with Crippen molar-refractivity contribution in [3.63, 3.8) is 0 Å². The fourth-order valence-electron chi connectivity index (χ4n) is 6.61. The number of rotatable bonds is 3. The SMILES string of the molecule is [C-]#[N+]c1ccc(-c2nc(-c3ccc(-n4c5cc6ccccc6cc5c5ccc6ccccc6c54)cc3)nc3ccccc23)cc1. The highest BCUT2D eigenvalue weighted by Crippen LogP contribution is 2.39. The molecule has 0 aliphatic heterocycles. The van der Waals surface area contributed by atoms with E-state index in [2.05, 4.69) is 113 Å². The van der Waals surface area contributed by atoms with Crippen molar-refractivity contribution in [3.8, 4) is 28.3 Å². The summed E-state index contributed by atoms with van der Waals surface area (Å²) in [7, 11) is 0. The second kappa shape index (κ2) is 9.87. The first-order valence-electron chi connectivity index (χ1n) is 15.0. The summed E-state index contributed by atoms with van der Waals surface area (Å²) in [6.07, 6.45) is 0. The number of benzene rings is 7. The molecule has 0 atom stereocenters. The van der Waals surface area contributed by atoms with E-state index in [0.29, 0.717) is 11.5 Å². The number of hydrogen-bond donors (Lipinski definition) is 0. The topological polar surface area (TPSA) is 35.1 Å². The van der Waals surface area contributed by atoms with Crippen molar-refractivity contribution in [3.05, 3.63) is 157 Å². The molecular weight excluding hydrogens is 548 g/mol. The van der Waals surface area contributed by atoms with Gasteiger partial charge >= 0.3 is 0 Å². The fourth-order valence-corrected chi connectivity index (χ4v) is 6.61. The van der Waals surface area contributed by atoms with Gasteiger partial charge in [0.15, 0.2) is 11.5 Å². The van der Waals surface area contributed by atoms with Gasteiger partial charge in [-0.15, -0.1) is 0 Å². The minimum atomic E-state index is 0.610. The fraction of sp³-hybridized carbons (Fsp3) is 0. The third-order valence-corrected chi connectivity index (χ3v) is 8.78. The average molecular weight is 573 g/mol. The Morgan fingerprint density at radius 2 is 1.18 bits per heavy atom. The zero-order chi connectivity index (χ0) is 29.9. The summed E-state index contributed by atoms with van der Waals surface area (Å²) in [6, 6.07) is 50.6. The van der Waals surface area contributed by atoms with Gasteiger partial charge in [-0.2, -0.15) is 0 Å². The van der Waals surface area contributed by atoms with Crippen LogP contribution in [-0.4, -0.2) is 14.5 Å². The molecule has 0 N–H and O–H groups in total. The Morgan fingerprint density at radius 3 is 1.96 bits per heavy atom. The van der Waals surface area contributed by atoms with Crippen molar-refractivity contribution in [1.29, 1.82) is 0 Å². The molecule has 7 aromatic carbocycles. The Bertz CT molecular complexity index is 2640. The third kappa shape index (κ3) is 3.99. The van der Waals surface area contributed by atoms with Crippen molar-refractivity contribution in [2.24, 2.45) is 0 Å². The van der Waals surface area contributed by atoms with Crippen LogP contribution in [0.3, 0.4) is 0 Å². The van der Waals surface area contributed by atoms with Crippen LogP contribution in [0.15, 0.2) is 146 Å². The van der Waals surface area contributed by atoms with E-state index in [9.17, 15) is 0 Å². The first-order chi connectivity index (χ1) is 22.2. The van der Waals surface area contributed by atoms with Crippen LogP contribution in [-0.2, 0) is 0 Å². The Labute approximate surface area is 259 Å².